The number of aliphatic hydroxyl groups excluding tert-OH is 1. The number of nitrogens with zero attached hydrogens (tertiary/aromatic N) is 1. The number of methoxy groups -OCH3 is 1. The third-order valence-corrected chi connectivity index (χ3v) is 2.53. The van der Waals surface area contributed by atoms with Gasteiger partial charge in [0.05, 0.1) is 25.3 Å². The number of benzene rings is 1. The van der Waals surface area contributed by atoms with Gasteiger partial charge in [0.25, 0.3) is 0 Å². The van der Waals surface area contributed by atoms with Gasteiger partial charge in [-0.25, -0.2) is 4.79 Å². The van der Waals surface area contributed by atoms with Crippen molar-refractivity contribution in [3.63, 3.8) is 0 Å². The molecule has 0 fully saturated rings. The number of hydrogen-bond acceptors (Lipinski definition) is 5. The van der Waals surface area contributed by atoms with E-state index >= 15 is 0 Å². The van der Waals surface area contributed by atoms with Crippen LogP contribution in [0.15, 0.2) is 18.2 Å². The number of carbonyl (C=O) groups is 1. The van der Waals surface area contributed by atoms with Crippen LogP contribution in [0.1, 0.15) is 22.0 Å². The van der Waals surface area contributed by atoms with Crippen molar-refractivity contribution in [1.82, 2.24) is 0 Å². The molecule has 0 aliphatic rings. The largest absolute Gasteiger partial charge is 0.465 e. The molecule has 0 heterocycles. The number of anilines is 1. The number of nitrogens with two attached hydrogens (primary N) is 1. The van der Waals surface area contributed by atoms with Gasteiger partial charge < -0.3 is 20.5 Å². The van der Waals surface area contributed by atoms with Crippen molar-refractivity contribution in [3.8, 4) is 0 Å². The van der Waals surface area contributed by atoms with Crippen LogP contribution in [0.4, 0.5) is 5.69 Å². The van der Waals surface area contributed by atoms with Crippen LogP contribution in [0.2, 0.25) is 0 Å². The van der Waals surface area contributed by atoms with Crippen LogP contribution in [0.3, 0.4) is 0 Å². The number of carbonyl (C=O) groups excluding carboxylic acids is 1. The summed E-state index contributed by atoms with van der Waals surface area (Å²) in [5, 5.41) is 9.12. The fourth-order valence-corrected chi connectivity index (χ4v) is 1.60. The molecule has 0 saturated carbocycles. The molecule has 5 nitrogen and oxygen atoms in total. The Balaban J connectivity index is 3.23. The van der Waals surface area contributed by atoms with Crippen molar-refractivity contribution in [2.45, 2.75) is 6.04 Å². The zero-order valence-corrected chi connectivity index (χ0v) is 10.3. The minimum Gasteiger partial charge on any atom is -0.465 e. The van der Waals surface area contributed by atoms with Gasteiger partial charge >= 0.3 is 5.97 Å². The average molecular weight is 238 g/mol. The van der Waals surface area contributed by atoms with Gasteiger partial charge in [0, 0.05) is 19.8 Å². The second kappa shape index (κ2) is 5.65. The molecule has 1 aromatic carbocycles. The first kappa shape index (κ1) is 13.5. The summed E-state index contributed by atoms with van der Waals surface area (Å²) >= 11 is 0. The highest BCUT2D eigenvalue weighted by atomic mass is 16.5. The number of esters is 1. The second-order valence-corrected chi connectivity index (χ2v) is 3.95. The quantitative estimate of drug-likeness (QED) is 0.748. The summed E-state index contributed by atoms with van der Waals surface area (Å²) in [6, 6.07) is 4.60. The van der Waals surface area contributed by atoms with Crippen molar-refractivity contribution >= 4 is 11.7 Å². The van der Waals surface area contributed by atoms with Crippen molar-refractivity contribution < 1.29 is 14.6 Å². The molecule has 17 heavy (non-hydrogen) atoms. The van der Waals surface area contributed by atoms with E-state index in [2.05, 4.69) is 4.74 Å². The van der Waals surface area contributed by atoms with E-state index in [9.17, 15) is 4.79 Å². The normalized spacial score (nSPS) is 12.1. The number of aliphatic hydroxyl groups is 1. The predicted molar refractivity (Wildman–Crippen MR) is 66.1 cm³/mol. The first-order valence-corrected chi connectivity index (χ1v) is 5.27. The molecule has 1 unspecified atom stereocenters. The third-order valence-electron chi connectivity index (χ3n) is 2.53. The molecule has 1 rings (SSSR count). The zero-order valence-electron chi connectivity index (χ0n) is 10.3. The van der Waals surface area contributed by atoms with Crippen LogP contribution in [-0.2, 0) is 4.74 Å². The summed E-state index contributed by atoms with van der Waals surface area (Å²) in [7, 11) is 5.08. The van der Waals surface area contributed by atoms with Crippen LogP contribution in [0, 0.1) is 0 Å². The van der Waals surface area contributed by atoms with Crippen LogP contribution in [-0.4, -0.2) is 38.9 Å². The zero-order chi connectivity index (χ0) is 13.0. The Morgan fingerprint density at radius 1 is 1.53 bits per heavy atom. The minimum absolute atomic E-state index is 0.175. The second-order valence-electron chi connectivity index (χ2n) is 3.95. The molecule has 0 amide bonds. The molecule has 1 aromatic rings. The maximum Gasteiger partial charge on any atom is 0.337 e. The Hall–Kier alpha value is -1.59. The van der Waals surface area contributed by atoms with Gasteiger partial charge in [-0.1, -0.05) is 0 Å². The van der Waals surface area contributed by atoms with Gasteiger partial charge in [-0.3, -0.25) is 0 Å². The predicted octanol–water partition coefficient (Wildman–Crippen LogP) is 0.531. The number of ether oxygens (including phenoxy) is 1. The Labute approximate surface area is 101 Å². The lowest BCUT2D eigenvalue weighted by molar-refractivity contribution is 0.0600. The smallest absolute Gasteiger partial charge is 0.337 e. The van der Waals surface area contributed by atoms with Gasteiger partial charge in [0.15, 0.2) is 0 Å². The SMILES string of the molecule is COC(=O)c1ccc(N(C)C)c(C(N)CO)c1. The maximum atomic E-state index is 11.4. The Kier molecular flexibility index (Phi) is 4.48. The van der Waals surface area contributed by atoms with E-state index in [4.69, 9.17) is 10.8 Å². The van der Waals surface area contributed by atoms with Crippen molar-refractivity contribution in [2.24, 2.45) is 5.73 Å². The van der Waals surface area contributed by atoms with Gasteiger partial charge in [-0.2, -0.15) is 0 Å². The molecule has 0 bridgehead atoms. The number of rotatable bonds is 4. The molecule has 3 N–H and O–H groups in total. The molecule has 0 aliphatic carbocycles. The molecule has 0 aromatic heterocycles. The molecule has 0 aliphatic heterocycles. The highest BCUT2D eigenvalue weighted by molar-refractivity contribution is 5.90. The summed E-state index contributed by atoms with van der Waals surface area (Å²) in [4.78, 5) is 13.3. The van der Waals surface area contributed by atoms with Gasteiger partial charge in [-0.05, 0) is 23.8 Å². The summed E-state index contributed by atoms with van der Waals surface area (Å²) in [6.45, 7) is -0.175. The van der Waals surface area contributed by atoms with Crippen LogP contribution >= 0.6 is 0 Å². The Morgan fingerprint density at radius 3 is 2.65 bits per heavy atom. The lowest BCUT2D eigenvalue weighted by Crippen LogP contribution is -2.20. The summed E-state index contributed by atoms with van der Waals surface area (Å²) in [6.07, 6.45) is 0. The standard InChI is InChI=1S/C12H18N2O3/c1-14(2)11-5-4-8(12(16)17-3)6-9(11)10(13)7-15/h4-6,10,15H,7,13H2,1-3H3. The van der Waals surface area contributed by atoms with E-state index in [1.165, 1.54) is 7.11 Å². The first-order valence-electron chi connectivity index (χ1n) is 5.27. The summed E-state index contributed by atoms with van der Waals surface area (Å²) in [5.74, 6) is -0.415. The highest BCUT2D eigenvalue weighted by Crippen LogP contribution is 2.25. The van der Waals surface area contributed by atoms with E-state index in [1.807, 2.05) is 19.0 Å². The van der Waals surface area contributed by atoms with Crippen LogP contribution < -0.4 is 10.6 Å². The molecular weight excluding hydrogens is 220 g/mol. The van der Waals surface area contributed by atoms with Gasteiger partial charge in [-0.15, -0.1) is 0 Å². The van der Waals surface area contributed by atoms with Crippen LogP contribution in [0.25, 0.3) is 0 Å². The highest BCUT2D eigenvalue weighted by Gasteiger charge is 2.15. The van der Waals surface area contributed by atoms with E-state index in [-0.39, 0.29) is 6.61 Å². The Bertz CT molecular complexity index is 405. The molecule has 5 heteroatoms. The lowest BCUT2D eigenvalue weighted by Gasteiger charge is -2.21. The average Bonchev–Trinajstić information content (AvgIpc) is 2.35. The summed E-state index contributed by atoms with van der Waals surface area (Å²) < 4.78 is 4.65. The fourth-order valence-electron chi connectivity index (χ4n) is 1.60. The van der Waals surface area contributed by atoms with Crippen molar-refractivity contribution in [2.75, 3.05) is 32.7 Å². The van der Waals surface area contributed by atoms with E-state index in [0.717, 1.165) is 11.3 Å². The van der Waals surface area contributed by atoms with Gasteiger partial charge in [0.1, 0.15) is 0 Å². The van der Waals surface area contributed by atoms with Crippen molar-refractivity contribution in [1.29, 1.82) is 0 Å². The molecule has 1 atom stereocenters. The lowest BCUT2D eigenvalue weighted by atomic mass is 10.0. The Morgan fingerprint density at radius 2 is 2.18 bits per heavy atom. The monoisotopic (exact) mass is 238 g/mol. The van der Waals surface area contributed by atoms with E-state index < -0.39 is 12.0 Å². The summed E-state index contributed by atoms with van der Waals surface area (Å²) in [5.41, 5.74) is 7.84. The fraction of sp³-hybridized carbons (Fsp3) is 0.417. The minimum atomic E-state index is -0.517. The molecule has 0 radical (unpaired) electrons. The topological polar surface area (TPSA) is 75.8 Å². The first-order chi connectivity index (χ1) is 8.01. The number of hydrogen-bond donors (Lipinski definition) is 2. The van der Waals surface area contributed by atoms with E-state index in [0.29, 0.717) is 5.56 Å². The molecule has 0 saturated heterocycles. The van der Waals surface area contributed by atoms with Gasteiger partial charge in [0.2, 0.25) is 0 Å². The molecule has 94 valence electrons. The maximum absolute atomic E-state index is 11.4. The van der Waals surface area contributed by atoms with Crippen molar-refractivity contribution in [3.05, 3.63) is 29.3 Å². The van der Waals surface area contributed by atoms with E-state index in [1.54, 1.807) is 18.2 Å². The van der Waals surface area contributed by atoms with Crippen LogP contribution in [0.5, 0.6) is 0 Å². The molecule has 0 spiro atoms. The molecular formula is C12H18N2O3. The third kappa shape index (κ3) is 2.95.